The summed E-state index contributed by atoms with van der Waals surface area (Å²) >= 11 is 1.91. The molecule has 2 heterocycles. The first-order valence-corrected chi connectivity index (χ1v) is 19.9. The van der Waals surface area contributed by atoms with Crippen molar-refractivity contribution in [3.05, 3.63) is 184 Å². The summed E-state index contributed by atoms with van der Waals surface area (Å²) < 4.78 is 9.56. The molecule has 8 aromatic carbocycles. The Morgan fingerprint density at radius 1 is 0.500 bits per heavy atom. The lowest BCUT2D eigenvalue weighted by Gasteiger charge is -2.29. The molecule has 2 atom stereocenters. The van der Waals surface area contributed by atoms with Crippen molar-refractivity contribution in [3.8, 4) is 28.0 Å². The number of fused-ring (bicyclic) bond motifs is 12. The highest BCUT2D eigenvalue weighted by molar-refractivity contribution is 7.26. The molecule has 0 N–H and O–H groups in total. The Morgan fingerprint density at radius 3 is 1.96 bits per heavy atom. The molecule has 0 spiro atoms. The fourth-order valence-electron chi connectivity index (χ4n) is 9.67. The van der Waals surface area contributed by atoms with Crippen LogP contribution < -0.4 is 15.2 Å². The molecule has 2 aliphatic carbocycles. The first-order valence-electron chi connectivity index (χ1n) is 19.0. The smallest absolute Gasteiger partial charge is 0.135 e. The summed E-state index contributed by atoms with van der Waals surface area (Å²) in [5, 5.41) is 10.5. The van der Waals surface area contributed by atoms with E-state index in [4.69, 9.17) is 4.74 Å². The number of para-hydroxylation sites is 1. The lowest BCUT2D eigenvalue weighted by molar-refractivity contribution is 0.276. The highest BCUT2D eigenvalue weighted by atomic mass is 32.1. The number of hydrogen-bond acceptors (Lipinski definition) is 2. The third kappa shape index (κ3) is 4.38. The zero-order chi connectivity index (χ0) is 35.3. The molecule has 3 aliphatic rings. The van der Waals surface area contributed by atoms with E-state index in [1.807, 2.05) is 11.3 Å². The van der Waals surface area contributed by atoms with Gasteiger partial charge in [-0.05, 0) is 108 Å². The summed E-state index contributed by atoms with van der Waals surface area (Å²) in [4.78, 5) is 0. The highest BCUT2D eigenvalue weighted by Crippen LogP contribution is 2.53. The van der Waals surface area contributed by atoms with Crippen LogP contribution in [0.1, 0.15) is 41.0 Å². The lowest BCUT2D eigenvalue weighted by atomic mass is 9.76. The Bertz CT molecular complexity index is 3200. The zero-order valence-corrected chi connectivity index (χ0v) is 30.4. The van der Waals surface area contributed by atoms with Crippen LogP contribution in [-0.2, 0) is 0 Å². The second kappa shape index (κ2) is 11.6. The Balaban J connectivity index is 1.04. The van der Waals surface area contributed by atoms with Gasteiger partial charge in [0.05, 0.1) is 5.92 Å². The van der Waals surface area contributed by atoms with Crippen molar-refractivity contribution in [3.63, 3.8) is 0 Å². The van der Waals surface area contributed by atoms with Gasteiger partial charge in [0, 0.05) is 31.3 Å². The van der Waals surface area contributed by atoms with Gasteiger partial charge in [0.25, 0.3) is 0 Å². The second-order valence-corrected chi connectivity index (χ2v) is 16.0. The largest absolute Gasteiger partial charge is 0.484 e. The molecule has 1 aliphatic heterocycles. The molecule has 12 rings (SSSR count). The monoisotopic (exact) mass is 706 g/mol. The van der Waals surface area contributed by atoms with E-state index >= 15 is 0 Å². The van der Waals surface area contributed by atoms with Gasteiger partial charge in [-0.15, -0.1) is 11.3 Å². The molecular weight excluding hydrogens is 673 g/mol. The molecule has 0 amide bonds. The summed E-state index contributed by atoms with van der Waals surface area (Å²) in [6, 6.07) is 56.2. The average Bonchev–Trinajstić information content (AvgIpc) is 3.82. The average molecular weight is 707 g/mol. The van der Waals surface area contributed by atoms with E-state index in [9.17, 15) is 0 Å². The number of ether oxygens (including phenoxy) is 1. The van der Waals surface area contributed by atoms with E-state index in [2.05, 4.69) is 170 Å². The fourth-order valence-corrected chi connectivity index (χ4v) is 10.9. The van der Waals surface area contributed by atoms with E-state index in [0.29, 0.717) is 0 Å². The molecule has 1 nitrogen and oxygen atoms in total. The molecule has 0 bridgehead atoms. The summed E-state index contributed by atoms with van der Waals surface area (Å²) in [5.74, 6) is 1.14. The number of rotatable bonds is 3. The predicted octanol–water partition coefficient (Wildman–Crippen LogP) is 12.5. The van der Waals surface area contributed by atoms with Gasteiger partial charge in [-0.2, -0.15) is 0 Å². The summed E-state index contributed by atoms with van der Waals surface area (Å²) in [6.45, 7) is 0. The zero-order valence-electron chi connectivity index (χ0n) is 29.6. The first kappa shape index (κ1) is 30.3. The Labute approximate surface area is 317 Å². The van der Waals surface area contributed by atoms with Crippen molar-refractivity contribution in [2.75, 3.05) is 0 Å². The third-order valence-electron chi connectivity index (χ3n) is 12.1. The van der Waals surface area contributed by atoms with E-state index in [1.54, 1.807) is 0 Å². The van der Waals surface area contributed by atoms with Gasteiger partial charge >= 0.3 is 0 Å². The summed E-state index contributed by atoms with van der Waals surface area (Å²) in [7, 11) is 0. The van der Waals surface area contributed by atoms with Crippen molar-refractivity contribution in [1.29, 1.82) is 0 Å². The lowest BCUT2D eigenvalue weighted by Crippen LogP contribution is -2.31. The number of benzene rings is 8. The van der Waals surface area contributed by atoms with Crippen LogP contribution in [0.2, 0.25) is 0 Å². The van der Waals surface area contributed by atoms with Crippen LogP contribution in [0.15, 0.2) is 152 Å². The van der Waals surface area contributed by atoms with Crippen molar-refractivity contribution >= 4 is 76.9 Å². The minimum atomic E-state index is -0.0784. The minimum absolute atomic E-state index is 0.0784. The maximum Gasteiger partial charge on any atom is 0.135 e. The van der Waals surface area contributed by atoms with Crippen LogP contribution >= 0.6 is 11.3 Å². The molecule has 2 unspecified atom stereocenters. The van der Waals surface area contributed by atoms with Gasteiger partial charge in [0.1, 0.15) is 11.9 Å². The van der Waals surface area contributed by atoms with Gasteiger partial charge in [-0.25, -0.2) is 0 Å². The number of thiophene rings is 1. The molecule has 2 heteroatoms. The Morgan fingerprint density at radius 2 is 1.15 bits per heavy atom. The summed E-state index contributed by atoms with van der Waals surface area (Å²) in [5.41, 5.74) is 11.6. The molecule has 1 aromatic heterocycles. The third-order valence-corrected chi connectivity index (χ3v) is 13.3. The second-order valence-electron chi connectivity index (χ2n) is 14.9. The molecule has 9 aromatic rings. The number of hydrogen-bond donors (Lipinski definition) is 0. The van der Waals surface area contributed by atoms with Gasteiger partial charge in [0.15, 0.2) is 0 Å². The summed E-state index contributed by atoms with van der Waals surface area (Å²) in [6.07, 6.45) is 9.41. The molecule has 0 saturated carbocycles. The molecular formula is C52H34OS. The van der Waals surface area contributed by atoms with E-state index in [1.165, 1.54) is 102 Å². The fraction of sp³-hybridized carbons (Fsp3) is 0.0769. The Kier molecular flexibility index (Phi) is 6.52. The van der Waals surface area contributed by atoms with Crippen LogP contribution in [0.5, 0.6) is 5.75 Å². The quantitative estimate of drug-likeness (QED) is 0.178. The van der Waals surface area contributed by atoms with E-state index < -0.39 is 0 Å². The van der Waals surface area contributed by atoms with Gasteiger partial charge < -0.3 is 4.74 Å². The molecule has 254 valence electrons. The van der Waals surface area contributed by atoms with Gasteiger partial charge in [-0.3, -0.25) is 0 Å². The highest BCUT2D eigenvalue weighted by Gasteiger charge is 2.42. The van der Waals surface area contributed by atoms with Crippen molar-refractivity contribution in [2.45, 2.75) is 24.9 Å². The van der Waals surface area contributed by atoms with E-state index in [0.717, 1.165) is 18.6 Å². The van der Waals surface area contributed by atoms with Crippen LogP contribution in [0, 0.1) is 0 Å². The molecule has 0 radical (unpaired) electrons. The molecule has 54 heavy (non-hydrogen) atoms. The normalized spacial score (nSPS) is 16.9. The van der Waals surface area contributed by atoms with Gasteiger partial charge in [-0.1, -0.05) is 146 Å². The maximum atomic E-state index is 6.86. The topological polar surface area (TPSA) is 9.23 Å². The van der Waals surface area contributed by atoms with E-state index in [-0.39, 0.29) is 12.0 Å². The van der Waals surface area contributed by atoms with Crippen molar-refractivity contribution in [1.82, 2.24) is 0 Å². The van der Waals surface area contributed by atoms with Gasteiger partial charge in [0.2, 0.25) is 0 Å². The SMILES string of the molecule is C1=C(c2ccc(-c3c4c(c(-c5ccc6ccccc6c5)c5ccccc35)=CCCC=4)cc2)C2Oc3ccccc3C2c2ccc3c(sc4ccccc43)c21. The van der Waals surface area contributed by atoms with Crippen molar-refractivity contribution in [2.24, 2.45) is 0 Å². The van der Waals surface area contributed by atoms with Crippen LogP contribution in [0.25, 0.3) is 87.8 Å². The molecule has 0 fully saturated rings. The Hall–Kier alpha value is -6.22. The minimum Gasteiger partial charge on any atom is -0.484 e. The predicted molar refractivity (Wildman–Crippen MR) is 230 cm³/mol. The van der Waals surface area contributed by atoms with Crippen molar-refractivity contribution < 1.29 is 4.74 Å². The maximum absolute atomic E-state index is 6.86. The van der Waals surface area contributed by atoms with Crippen LogP contribution in [-0.4, -0.2) is 6.10 Å². The standard InChI is InChI=1S/C52H34OS/c1-2-12-34-29-35(26-21-31(34)11-1)49-39-16-5-3-14-37(39)48(38-15-4-6-17-40(38)49)33-24-22-32(23-25-33)44-30-45-41(50-43-18-7-9-19-46(43)53-51(44)50)27-28-42-36-13-8-10-20-47(36)54-52(42)45/h1-3,5,7-30,50-51H,4,6H2. The first-order chi connectivity index (χ1) is 26.8. The van der Waals surface area contributed by atoms with Crippen LogP contribution in [0.3, 0.4) is 0 Å². The van der Waals surface area contributed by atoms with Crippen LogP contribution in [0.4, 0.5) is 0 Å². The molecule has 0 saturated heterocycles.